The summed E-state index contributed by atoms with van der Waals surface area (Å²) in [5.74, 6) is -0.919. The summed E-state index contributed by atoms with van der Waals surface area (Å²) in [4.78, 5) is 25.7. The highest BCUT2D eigenvalue weighted by atomic mass is 19.1. The summed E-state index contributed by atoms with van der Waals surface area (Å²) in [6.07, 6.45) is 0.0868. The second kappa shape index (κ2) is 8.07. The van der Waals surface area contributed by atoms with Crippen LogP contribution in [0, 0.1) is 19.7 Å². The van der Waals surface area contributed by atoms with Crippen molar-refractivity contribution in [3.8, 4) is 5.75 Å². The number of hydrogen-bond donors (Lipinski definition) is 1. The van der Waals surface area contributed by atoms with E-state index in [9.17, 15) is 14.0 Å². The second-order valence-corrected chi connectivity index (χ2v) is 7.47. The van der Waals surface area contributed by atoms with E-state index >= 15 is 0 Å². The maximum Gasteiger partial charge on any atom is 0.262 e. The molecule has 0 saturated carbocycles. The summed E-state index contributed by atoms with van der Waals surface area (Å²) >= 11 is 0. The first-order chi connectivity index (χ1) is 13.7. The van der Waals surface area contributed by atoms with E-state index < -0.39 is 5.82 Å². The molecule has 0 aliphatic rings. The highest BCUT2D eigenvalue weighted by Crippen LogP contribution is 2.32. The molecule has 1 aromatic heterocycles. The van der Waals surface area contributed by atoms with E-state index in [0.717, 1.165) is 5.56 Å². The number of halogens is 1. The molecule has 3 aromatic rings. The molecule has 29 heavy (non-hydrogen) atoms. The van der Waals surface area contributed by atoms with E-state index in [0.29, 0.717) is 27.7 Å². The van der Waals surface area contributed by atoms with E-state index in [-0.39, 0.29) is 30.0 Å². The fourth-order valence-electron chi connectivity index (χ4n) is 3.48. The number of nitrogens with one attached hydrogen (secondary N) is 1. The molecule has 1 N–H and O–H groups in total. The first-order valence-electron chi connectivity index (χ1n) is 9.51. The fourth-order valence-corrected chi connectivity index (χ4v) is 3.48. The van der Waals surface area contributed by atoms with Crippen molar-refractivity contribution in [2.45, 2.75) is 40.2 Å². The number of nitrogens with zero attached hydrogens (tertiary/aromatic N) is 1. The Morgan fingerprint density at radius 2 is 1.79 bits per heavy atom. The molecule has 152 valence electrons. The van der Waals surface area contributed by atoms with Crippen LogP contribution in [0.3, 0.4) is 0 Å². The number of methoxy groups -OCH3 is 1. The quantitative estimate of drug-likeness (QED) is 0.704. The van der Waals surface area contributed by atoms with E-state index in [1.54, 1.807) is 25.1 Å². The van der Waals surface area contributed by atoms with Crippen LogP contribution in [0.5, 0.6) is 5.75 Å². The number of rotatable bonds is 5. The minimum atomic E-state index is -0.561. The van der Waals surface area contributed by atoms with Gasteiger partial charge >= 0.3 is 0 Å². The number of benzene rings is 2. The molecule has 0 fully saturated rings. The summed E-state index contributed by atoms with van der Waals surface area (Å²) in [6.45, 7) is 7.48. The summed E-state index contributed by atoms with van der Waals surface area (Å²) in [5, 5.41) is 3.49. The minimum absolute atomic E-state index is 0.00248. The molecule has 6 heteroatoms. The maximum absolute atomic E-state index is 14.5. The Morgan fingerprint density at radius 1 is 1.14 bits per heavy atom. The number of ether oxygens (including phenoxy) is 1. The molecule has 0 unspecified atom stereocenters. The molecule has 3 rings (SSSR count). The zero-order valence-electron chi connectivity index (χ0n) is 17.3. The molecule has 0 atom stereocenters. The number of carbonyl (C=O) groups excluding carboxylic acids is 2. The van der Waals surface area contributed by atoms with Crippen LogP contribution in [0.2, 0.25) is 0 Å². The van der Waals surface area contributed by atoms with Gasteiger partial charge in [-0.15, -0.1) is 0 Å². The molecule has 0 radical (unpaired) electrons. The predicted octanol–water partition coefficient (Wildman–Crippen LogP) is 4.16. The number of amides is 1. The Balaban J connectivity index is 2.20. The van der Waals surface area contributed by atoms with Crippen molar-refractivity contribution >= 4 is 22.7 Å². The molecule has 0 saturated heterocycles. The average Bonchev–Trinajstić information content (AvgIpc) is 2.91. The molecule has 0 spiro atoms. The van der Waals surface area contributed by atoms with Crippen molar-refractivity contribution in [3.63, 3.8) is 0 Å². The van der Waals surface area contributed by atoms with E-state index in [2.05, 4.69) is 5.32 Å². The van der Waals surface area contributed by atoms with Gasteiger partial charge in [0.1, 0.15) is 0 Å². The van der Waals surface area contributed by atoms with Crippen molar-refractivity contribution in [2.24, 2.45) is 0 Å². The molecular weight excluding hydrogens is 371 g/mol. The maximum atomic E-state index is 14.5. The SMILES string of the molecule is COc1cc2c(CC(=O)NC(C)C)c(C)n(C(=O)c3ccc(C)cc3)c2cc1F. The van der Waals surface area contributed by atoms with Crippen LogP contribution in [0.4, 0.5) is 4.39 Å². The first kappa shape index (κ1) is 20.6. The zero-order chi connectivity index (χ0) is 21.3. The van der Waals surface area contributed by atoms with Crippen molar-refractivity contribution in [3.05, 3.63) is 64.6 Å². The van der Waals surface area contributed by atoms with Crippen LogP contribution < -0.4 is 10.1 Å². The smallest absolute Gasteiger partial charge is 0.262 e. The number of aryl methyl sites for hydroxylation is 1. The molecular formula is C23H25FN2O3. The van der Waals surface area contributed by atoms with Crippen molar-refractivity contribution < 1.29 is 18.7 Å². The largest absolute Gasteiger partial charge is 0.494 e. The first-order valence-corrected chi connectivity index (χ1v) is 9.51. The Bertz CT molecular complexity index is 1080. The van der Waals surface area contributed by atoms with Crippen LogP contribution in [-0.2, 0) is 11.2 Å². The number of fused-ring (bicyclic) bond motifs is 1. The van der Waals surface area contributed by atoms with Gasteiger partial charge in [0.25, 0.3) is 5.91 Å². The van der Waals surface area contributed by atoms with Crippen LogP contribution in [0.25, 0.3) is 10.9 Å². The lowest BCUT2D eigenvalue weighted by Crippen LogP contribution is -2.31. The molecule has 0 aliphatic carbocycles. The number of hydrogen-bond acceptors (Lipinski definition) is 3. The molecule has 0 aliphatic heterocycles. The second-order valence-electron chi connectivity index (χ2n) is 7.47. The predicted molar refractivity (Wildman–Crippen MR) is 111 cm³/mol. The van der Waals surface area contributed by atoms with Crippen LogP contribution in [0.1, 0.15) is 41.0 Å². The molecule has 2 aromatic carbocycles. The van der Waals surface area contributed by atoms with Gasteiger partial charge < -0.3 is 10.1 Å². The van der Waals surface area contributed by atoms with Crippen LogP contribution in [0.15, 0.2) is 36.4 Å². The Morgan fingerprint density at radius 3 is 2.38 bits per heavy atom. The molecule has 1 amide bonds. The number of aromatic nitrogens is 1. The number of carbonyl (C=O) groups is 2. The summed E-state index contributed by atoms with van der Waals surface area (Å²) in [6, 6.07) is 10.0. The van der Waals surface area contributed by atoms with Gasteiger partial charge in [-0.25, -0.2) is 4.39 Å². The van der Waals surface area contributed by atoms with Gasteiger partial charge in [-0.05, 0) is 51.5 Å². The lowest BCUT2D eigenvalue weighted by atomic mass is 10.1. The highest BCUT2D eigenvalue weighted by molar-refractivity contribution is 6.05. The van der Waals surface area contributed by atoms with Gasteiger partial charge in [0, 0.05) is 28.8 Å². The van der Waals surface area contributed by atoms with Gasteiger partial charge in [0.2, 0.25) is 5.91 Å². The Kier molecular flexibility index (Phi) is 5.73. The standard InChI is InChI=1S/C23H25FN2O3/c1-13(2)25-22(27)11-17-15(4)26(23(28)16-8-6-14(3)7-9-16)20-12-19(24)21(29-5)10-18(17)20/h6-10,12-13H,11H2,1-5H3,(H,25,27). The van der Waals surface area contributed by atoms with Crippen molar-refractivity contribution in [2.75, 3.05) is 7.11 Å². The van der Waals surface area contributed by atoms with Gasteiger partial charge in [-0.3, -0.25) is 14.2 Å². The van der Waals surface area contributed by atoms with E-state index in [1.807, 2.05) is 32.9 Å². The highest BCUT2D eigenvalue weighted by Gasteiger charge is 2.23. The van der Waals surface area contributed by atoms with Gasteiger partial charge in [0.15, 0.2) is 11.6 Å². The summed E-state index contributed by atoms with van der Waals surface area (Å²) in [5.41, 5.74) is 3.23. The van der Waals surface area contributed by atoms with Gasteiger partial charge in [-0.2, -0.15) is 0 Å². The topological polar surface area (TPSA) is 60.3 Å². The van der Waals surface area contributed by atoms with Gasteiger partial charge in [0.05, 0.1) is 19.0 Å². The third-order valence-electron chi connectivity index (χ3n) is 4.90. The van der Waals surface area contributed by atoms with Crippen molar-refractivity contribution in [1.29, 1.82) is 0 Å². The lowest BCUT2D eigenvalue weighted by molar-refractivity contribution is -0.120. The lowest BCUT2D eigenvalue weighted by Gasteiger charge is -2.09. The molecule has 0 bridgehead atoms. The van der Waals surface area contributed by atoms with E-state index in [4.69, 9.17) is 4.74 Å². The van der Waals surface area contributed by atoms with E-state index in [1.165, 1.54) is 17.7 Å². The summed E-state index contributed by atoms with van der Waals surface area (Å²) in [7, 11) is 1.39. The van der Waals surface area contributed by atoms with Crippen LogP contribution >= 0.6 is 0 Å². The fraction of sp³-hybridized carbons (Fsp3) is 0.304. The van der Waals surface area contributed by atoms with Crippen molar-refractivity contribution in [1.82, 2.24) is 9.88 Å². The molecule has 5 nitrogen and oxygen atoms in total. The minimum Gasteiger partial charge on any atom is -0.494 e. The third-order valence-corrected chi connectivity index (χ3v) is 4.90. The summed E-state index contributed by atoms with van der Waals surface area (Å²) < 4.78 is 21.1. The molecule has 1 heterocycles. The Labute approximate surface area is 169 Å². The normalized spacial score (nSPS) is 11.1. The Hall–Kier alpha value is -3.15. The average molecular weight is 396 g/mol. The zero-order valence-corrected chi connectivity index (χ0v) is 17.3. The van der Waals surface area contributed by atoms with Gasteiger partial charge in [-0.1, -0.05) is 17.7 Å². The third kappa shape index (κ3) is 4.01. The monoisotopic (exact) mass is 396 g/mol. The van der Waals surface area contributed by atoms with Crippen LogP contribution in [-0.4, -0.2) is 29.5 Å².